The van der Waals surface area contributed by atoms with Crippen LogP contribution in [0.1, 0.15) is 25.8 Å². The molecule has 1 heterocycles. The largest absolute Gasteiger partial charge is 0.340 e. The Hall–Kier alpha value is -1.39. The van der Waals surface area contributed by atoms with Gasteiger partial charge < -0.3 is 10.6 Å². The molecule has 110 valence electrons. The zero-order valence-corrected chi connectivity index (χ0v) is 12.5. The third kappa shape index (κ3) is 3.58. The fourth-order valence-electron chi connectivity index (χ4n) is 2.85. The Bertz CT molecular complexity index is 433. The number of carbonyl (C=O) groups is 1. The molecule has 2 rings (SSSR count). The summed E-state index contributed by atoms with van der Waals surface area (Å²) >= 11 is 0. The SMILES string of the molecule is CCN(Cc1ccccc1)[C@H]1CCN(C(=O)[C@H](C)N)C1. The van der Waals surface area contributed by atoms with Crippen molar-refractivity contribution in [1.82, 2.24) is 9.80 Å². The summed E-state index contributed by atoms with van der Waals surface area (Å²) in [5.74, 6) is 0.0725. The van der Waals surface area contributed by atoms with Crippen LogP contribution in [0.4, 0.5) is 0 Å². The van der Waals surface area contributed by atoms with Crippen LogP contribution in [0.15, 0.2) is 30.3 Å². The lowest BCUT2D eigenvalue weighted by Gasteiger charge is -2.28. The van der Waals surface area contributed by atoms with Gasteiger partial charge in [-0.15, -0.1) is 0 Å². The molecule has 2 N–H and O–H groups in total. The molecule has 4 heteroatoms. The van der Waals surface area contributed by atoms with Crippen LogP contribution in [0.25, 0.3) is 0 Å². The number of hydrogen-bond donors (Lipinski definition) is 1. The van der Waals surface area contributed by atoms with Gasteiger partial charge in [-0.1, -0.05) is 37.3 Å². The van der Waals surface area contributed by atoms with Crippen molar-refractivity contribution in [2.75, 3.05) is 19.6 Å². The summed E-state index contributed by atoms with van der Waals surface area (Å²) in [5, 5.41) is 0. The minimum Gasteiger partial charge on any atom is -0.340 e. The number of likely N-dealkylation sites (N-methyl/N-ethyl adjacent to an activating group) is 1. The predicted octanol–water partition coefficient (Wildman–Crippen LogP) is 1.46. The van der Waals surface area contributed by atoms with Gasteiger partial charge in [0.1, 0.15) is 0 Å². The fourth-order valence-corrected chi connectivity index (χ4v) is 2.85. The van der Waals surface area contributed by atoms with E-state index >= 15 is 0 Å². The van der Waals surface area contributed by atoms with Crippen molar-refractivity contribution in [3.8, 4) is 0 Å². The van der Waals surface area contributed by atoms with Gasteiger partial charge in [0.15, 0.2) is 0 Å². The summed E-state index contributed by atoms with van der Waals surface area (Å²) < 4.78 is 0. The molecule has 1 aromatic carbocycles. The van der Waals surface area contributed by atoms with E-state index in [1.165, 1.54) is 5.56 Å². The average molecular weight is 275 g/mol. The molecule has 0 spiro atoms. The Kier molecular flexibility index (Phi) is 5.15. The summed E-state index contributed by atoms with van der Waals surface area (Å²) in [5.41, 5.74) is 7.01. The summed E-state index contributed by atoms with van der Waals surface area (Å²) in [7, 11) is 0. The first kappa shape index (κ1) is 15.0. The number of nitrogens with two attached hydrogens (primary N) is 1. The molecule has 0 bridgehead atoms. The molecule has 20 heavy (non-hydrogen) atoms. The Balaban J connectivity index is 1.95. The Morgan fingerprint density at radius 2 is 2.15 bits per heavy atom. The van der Waals surface area contributed by atoms with Crippen LogP contribution in [0, 0.1) is 0 Å². The molecule has 1 aliphatic rings. The summed E-state index contributed by atoms with van der Waals surface area (Å²) in [4.78, 5) is 16.3. The molecule has 0 saturated carbocycles. The quantitative estimate of drug-likeness (QED) is 0.885. The molecular weight excluding hydrogens is 250 g/mol. The number of rotatable bonds is 5. The highest BCUT2D eigenvalue weighted by atomic mass is 16.2. The number of amides is 1. The van der Waals surface area contributed by atoms with E-state index < -0.39 is 6.04 Å². The lowest BCUT2D eigenvalue weighted by molar-refractivity contribution is -0.131. The molecule has 1 aliphatic heterocycles. The predicted molar refractivity (Wildman–Crippen MR) is 81.2 cm³/mol. The topological polar surface area (TPSA) is 49.6 Å². The molecular formula is C16H25N3O. The van der Waals surface area contributed by atoms with Crippen LogP contribution in [-0.4, -0.2) is 47.4 Å². The first-order valence-electron chi connectivity index (χ1n) is 7.44. The van der Waals surface area contributed by atoms with Gasteiger partial charge in [0.25, 0.3) is 0 Å². The maximum atomic E-state index is 11.9. The van der Waals surface area contributed by atoms with Gasteiger partial charge in [-0.25, -0.2) is 0 Å². The van der Waals surface area contributed by atoms with E-state index in [2.05, 4.69) is 36.1 Å². The Labute approximate surface area is 121 Å². The van der Waals surface area contributed by atoms with Gasteiger partial charge in [-0.2, -0.15) is 0 Å². The summed E-state index contributed by atoms with van der Waals surface area (Å²) in [6, 6.07) is 10.6. The van der Waals surface area contributed by atoms with Gasteiger partial charge in [-0.3, -0.25) is 9.69 Å². The molecule has 1 saturated heterocycles. The molecule has 0 unspecified atom stereocenters. The number of benzene rings is 1. The Morgan fingerprint density at radius 1 is 1.45 bits per heavy atom. The molecule has 0 radical (unpaired) electrons. The number of carbonyl (C=O) groups excluding carboxylic acids is 1. The molecule has 1 aromatic rings. The van der Waals surface area contributed by atoms with E-state index in [0.717, 1.165) is 32.6 Å². The highest BCUT2D eigenvalue weighted by Crippen LogP contribution is 2.18. The first-order valence-corrected chi connectivity index (χ1v) is 7.44. The van der Waals surface area contributed by atoms with Crippen LogP contribution >= 0.6 is 0 Å². The molecule has 4 nitrogen and oxygen atoms in total. The Morgan fingerprint density at radius 3 is 2.75 bits per heavy atom. The highest BCUT2D eigenvalue weighted by Gasteiger charge is 2.30. The first-order chi connectivity index (χ1) is 9.61. The van der Waals surface area contributed by atoms with Crippen molar-refractivity contribution in [2.45, 2.75) is 38.9 Å². The number of hydrogen-bond acceptors (Lipinski definition) is 3. The second-order valence-electron chi connectivity index (χ2n) is 5.56. The van der Waals surface area contributed by atoms with Gasteiger partial charge in [0.2, 0.25) is 5.91 Å². The lowest BCUT2D eigenvalue weighted by atomic mass is 10.1. The van der Waals surface area contributed by atoms with Crippen molar-refractivity contribution >= 4 is 5.91 Å². The highest BCUT2D eigenvalue weighted by molar-refractivity contribution is 5.81. The number of likely N-dealkylation sites (tertiary alicyclic amines) is 1. The molecule has 2 atom stereocenters. The second-order valence-corrected chi connectivity index (χ2v) is 5.56. The zero-order chi connectivity index (χ0) is 14.5. The van der Waals surface area contributed by atoms with Crippen molar-refractivity contribution in [2.24, 2.45) is 5.73 Å². The van der Waals surface area contributed by atoms with E-state index in [1.54, 1.807) is 6.92 Å². The van der Waals surface area contributed by atoms with Crippen LogP contribution in [0.3, 0.4) is 0 Å². The normalized spacial score (nSPS) is 20.4. The van der Waals surface area contributed by atoms with Crippen LogP contribution < -0.4 is 5.73 Å². The number of nitrogens with zero attached hydrogens (tertiary/aromatic N) is 2. The third-order valence-corrected chi connectivity index (χ3v) is 4.02. The summed E-state index contributed by atoms with van der Waals surface area (Å²) in [6.45, 7) is 7.52. The minimum absolute atomic E-state index is 0.0725. The van der Waals surface area contributed by atoms with Gasteiger partial charge >= 0.3 is 0 Å². The molecule has 0 aromatic heterocycles. The zero-order valence-electron chi connectivity index (χ0n) is 12.5. The van der Waals surface area contributed by atoms with Crippen LogP contribution in [-0.2, 0) is 11.3 Å². The van der Waals surface area contributed by atoms with Crippen molar-refractivity contribution in [3.05, 3.63) is 35.9 Å². The van der Waals surface area contributed by atoms with E-state index in [0.29, 0.717) is 6.04 Å². The van der Waals surface area contributed by atoms with E-state index in [-0.39, 0.29) is 5.91 Å². The second kappa shape index (κ2) is 6.86. The molecule has 1 amide bonds. The van der Waals surface area contributed by atoms with Crippen molar-refractivity contribution in [3.63, 3.8) is 0 Å². The minimum atomic E-state index is -0.391. The average Bonchev–Trinajstić information content (AvgIpc) is 2.94. The summed E-state index contributed by atoms with van der Waals surface area (Å²) in [6.07, 6.45) is 1.04. The maximum Gasteiger partial charge on any atom is 0.239 e. The molecule has 1 fully saturated rings. The van der Waals surface area contributed by atoms with E-state index in [9.17, 15) is 4.79 Å². The van der Waals surface area contributed by atoms with E-state index in [4.69, 9.17) is 5.73 Å². The van der Waals surface area contributed by atoms with Gasteiger partial charge in [-0.05, 0) is 25.5 Å². The van der Waals surface area contributed by atoms with E-state index in [1.807, 2.05) is 11.0 Å². The monoisotopic (exact) mass is 275 g/mol. The smallest absolute Gasteiger partial charge is 0.239 e. The fraction of sp³-hybridized carbons (Fsp3) is 0.562. The standard InChI is InChI=1S/C16H25N3O/c1-3-18(11-14-7-5-4-6-8-14)15-9-10-19(12-15)16(20)13(2)17/h4-8,13,15H,3,9-12,17H2,1-2H3/t13-,15-/m0/s1. The lowest BCUT2D eigenvalue weighted by Crippen LogP contribution is -2.43. The van der Waals surface area contributed by atoms with Crippen LogP contribution in [0.5, 0.6) is 0 Å². The van der Waals surface area contributed by atoms with Crippen LogP contribution in [0.2, 0.25) is 0 Å². The van der Waals surface area contributed by atoms with Crippen molar-refractivity contribution in [1.29, 1.82) is 0 Å². The van der Waals surface area contributed by atoms with Gasteiger partial charge in [0, 0.05) is 25.7 Å². The maximum absolute atomic E-state index is 11.9. The third-order valence-electron chi connectivity index (χ3n) is 4.02. The van der Waals surface area contributed by atoms with Gasteiger partial charge in [0.05, 0.1) is 6.04 Å². The van der Waals surface area contributed by atoms with Crippen molar-refractivity contribution < 1.29 is 4.79 Å². The molecule has 0 aliphatic carbocycles.